The van der Waals surface area contributed by atoms with E-state index >= 15 is 0 Å². The van der Waals surface area contributed by atoms with Gasteiger partial charge in [0.25, 0.3) is 0 Å². The van der Waals surface area contributed by atoms with E-state index in [0.717, 1.165) is 5.92 Å². The molecule has 0 aromatic heterocycles. The highest BCUT2D eigenvalue weighted by atomic mass is 16.2. The Morgan fingerprint density at radius 3 is 2.28 bits per heavy atom. The van der Waals surface area contributed by atoms with Crippen LogP contribution in [0.4, 0.5) is 0 Å². The number of carbonyl (C=O) groups is 1. The van der Waals surface area contributed by atoms with E-state index in [4.69, 9.17) is 0 Å². The van der Waals surface area contributed by atoms with Crippen molar-refractivity contribution in [1.82, 2.24) is 10.2 Å². The van der Waals surface area contributed by atoms with Crippen LogP contribution in [-0.4, -0.2) is 29.1 Å². The third kappa shape index (κ3) is 2.42. The van der Waals surface area contributed by atoms with E-state index in [1.165, 1.54) is 19.3 Å². The highest BCUT2D eigenvalue weighted by Gasteiger charge is 2.45. The maximum absolute atomic E-state index is 12.6. The van der Waals surface area contributed by atoms with Gasteiger partial charge in [-0.25, -0.2) is 0 Å². The van der Waals surface area contributed by atoms with Gasteiger partial charge in [-0.1, -0.05) is 34.6 Å². The molecule has 1 saturated heterocycles. The molecule has 18 heavy (non-hydrogen) atoms. The van der Waals surface area contributed by atoms with Gasteiger partial charge >= 0.3 is 0 Å². The zero-order valence-corrected chi connectivity index (χ0v) is 12.4. The van der Waals surface area contributed by atoms with Crippen LogP contribution in [0.2, 0.25) is 0 Å². The molecular weight excluding hydrogens is 224 g/mol. The molecule has 3 heteroatoms. The fourth-order valence-corrected chi connectivity index (χ4v) is 3.46. The van der Waals surface area contributed by atoms with Crippen molar-refractivity contribution in [2.24, 2.45) is 17.8 Å². The summed E-state index contributed by atoms with van der Waals surface area (Å²) in [7, 11) is 0. The van der Waals surface area contributed by atoms with Crippen LogP contribution < -0.4 is 5.32 Å². The molecule has 4 atom stereocenters. The molecule has 1 aliphatic carbocycles. The molecule has 0 radical (unpaired) electrons. The predicted octanol–water partition coefficient (Wildman–Crippen LogP) is 2.61. The van der Waals surface area contributed by atoms with E-state index in [1.807, 2.05) is 0 Å². The van der Waals surface area contributed by atoms with Crippen LogP contribution in [0.1, 0.15) is 53.9 Å². The lowest BCUT2D eigenvalue weighted by Crippen LogP contribution is -2.46. The Kier molecular flexibility index (Phi) is 4.00. The van der Waals surface area contributed by atoms with Crippen molar-refractivity contribution in [1.29, 1.82) is 0 Å². The molecular formula is C15H28N2O. The molecule has 4 unspecified atom stereocenters. The lowest BCUT2D eigenvalue weighted by atomic mass is 10.0. The van der Waals surface area contributed by atoms with Crippen molar-refractivity contribution in [3.8, 4) is 0 Å². The number of rotatable bonds is 3. The van der Waals surface area contributed by atoms with Gasteiger partial charge < -0.3 is 4.90 Å². The van der Waals surface area contributed by atoms with Gasteiger partial charge in [0, 0.05) is 6.04 Å². The first-order valence-electron chi connectivity index (χ1n) is 7.50. The van der Waals surface area contributed by atoms with Gasteiger partial charge in [-0.15, -0.1) is 0 Å². The molecule has 0 aromatic carbocycles. The van der Waals surface area contributed by atoms with Crippen molar-refractivity contribution in [2.75, 3.05) is 0 Å². The monoisotopic (exact) mass is 252 g/mol. The quantitative estimate of drug-likeness (QED) is 0.837. The average Bonchev–Trinajstić information content (AvgIpc) is 2.81. The van der Waals surface area contributed by atoms with Crippen molar-refractivity contribution >= 4 is 5.91 Å². The molecule has 0 bridgehead atoms. The van der Waals surface area contributed by atoms with Gasteiger partial charge in [0.15, 0.2) is 0 Å². The van der Waals surface area contributed by atoms with Gasteiger partial charge in [0.2, 0.25) is 5.91 Å². The van der Waals surface area contributed by atoms with Gasteiger partial charge in [0.05, 0.1) is 12.2 Å². The Bertz CT molecular complexity index is 314. The fraction of sp³-hybridized carbons (Fsp3) is 0.933. The van der Waals surface area contributed by atoms with Crippen LogP contribution in [0.5, 0.6) is 0 Å². The summed E-state index contributed by atoms with van der Waals surface area (Å²) < 4.78 is 0. The Balaban J connectivity index is 2.17. The average molecular weight is 252 g/mol. The first kappa shape index (κ1) is 13.9. The van der Waals surface area contributed by atoms with Crippen molar-refractivity contribution in [3.05, 3.63) is 0 Å². The minimum absolute atomic E-state index is 0.0216. The third-order valence-corrected chi connectivity index (χ3v) is 4.53. The van der Waals surface area contributed by atoms with Gasteiger partial charge in [-0.05, 0) is 37.0 Å². The molecule has 0 aromatic rings. The van der Waals surface area contributed by atoms with Gasteiger partial charge in [0.1, 0.15) is 0 Å². The second kappa shape index (κ2) is 5.20. The van der Waals surface area contributed by atoms with E-state index < -0.39 is 0 Å². The molecule has 3 nitrogen and oxygen atoms in total. The maximum Gasteiger partial charge on any atom is 0.241 e. The van der Waals surface area contributed by atoms with E-state index in [0.29, 0.717) is 23.8 Å². The minimum Gasteiger partial charge on any atom is -0.323 e. The number of nitrogens with zero attached hydrogens (tertiary/aromatic N) is 1. The zero-order valence-electron chi connectivity index (χ0n) is 12.4. The fourth-order valence-electron chi connectivity index (χ4n) is 3.46. The number of nitrogens with one attached hydrogen (secondary N) is 1. The Morgan fingerprint density at radius 2 is 1.83 bits per heavy atom. The number of hydrogen-bond acceptors (Lipinski definition) is 2. The molecule has 1 N–H and O–H groups in total. The summed E-state index contributed by atoms with van der Waals surface area (Å²) in [5.74, 6) is 1.97. The highest BCUT2D eigenvalue weighted by molar-refractivity contribution is 5.85. The lowest BCUT2D eigenvalue weighted by Gasteiger charge is -2.32. The number of amides is 1. The number of carbonyl (C=O) groups excluding carboxylic acids is 1. The number of hydrogen-bond donors (Lipinski definition) is 1. The molecule has 1 saturated carbocycles. The molecule has 2 rings (SSSR count). The van der Waals surface area contributed by atoms with Crippen LogP contribution in [0.25, 0.3) is 0 Å². The normalized spacial score (nSPS) is 37.3. The second-order valence-corrected chi connectivity index (χ2v) is 6.89. The van der Waals surface area contributed by atoms with Crippen molar-refractivity contribution in [3.63, 3.8) is 0 Å². The van der Waals surface area contributed by atoms with E-state index in [2.05, 4.69) is 44.8 Å². The van der Waals surface area contributed by atoms with E-state index in [1.54, 1.807) is 0 Å². The van der Waals surface area contributed by atoms with Gasteiger partial charge in [-0.3, -0.25) is 10.1 Å². The van der Waals surface area contributed by atoms with Crippen LogP contribution in [0.15, 0.2) is 0 Å². The molecule has 104 valence electrons. The summed E-state index contributed by atoms with van der Waals surface area (Å²) in [5, 5.41) is 3.56. The minimum atomic E-state index is 0.0216. The smallest absolute Gasteiger partial charge is 0.241 e. The summed E-state index contributed by atoms with van der Waals surface area (Å²) in [6, 6.07) is 0.490. The summed E-state index contributed by atoms with van der Waals surface area (Å²) >= 11 is 0. The SMILES string of the molecule is CC1CCC(N2C(=O)C(C(C)C)NC2C(C)C)C1. The third-order valence-electron chi connectivity index (χ3n) is 4.53. The Morgan fingerprint density at radius 1 is 1.17 bits per heavy atom. The molecule has 1 heterocycles. The van der Waals surface area contributed by atoms with Crippen LogP contribution in [-0.2, 0) is 4.79 Å². The second-order valence-electron chi connectivity index (χ2n) is 6.89. The first-order chi connectivity index (χ1) is 8.41. The summed E-state index contributed by atoms with van der Waals surface area (Å²) in [6.07, 6.45) is 3.87. The lowest BCUT2D eigenvalue weighted by molar-refractivity contribution is -0.133. The molecule has 2 fully saturated rings. The van der Waals surface area contributed by atoms with Crippen molar-refractivity contribution in [2.45, 2.75) is 72.1 Å². The molecule has 1 aliphatic heterocycles. The Labute approximate surface area is 111 Å². The zero-order chi connectivity index (χ0) is 13.4. The summed E-state index contributed by atoms with van der Waals surface area (Å²) in [4.78, 5) is 14.8. The molecule has 0 spiro atoms. The maximum atomic E-state index is 12.6. The predicted molar refractivity (Wildman–Crippen MR) is 74.0 cm³/mol. The van der Waals surface area contributed by atoms with Gasteiger partial charge in [-0.2, -0.15) is 0 Å². The van der Waals surface area contributed by atoms with Crippen LogP contribution in [0.3, 0.4) is 0 Å². The first-order valence-corrected chi connectivity index (χ1v) is 7.50. The molecule has 1 amide bonds. The van der Waals surface area contributed by atoms with E-state index in [9.17, 15) is 4.79 Å². The van der Waals surface area contributed by atoms with Crippen LogP contribution >= 0.6 is 0 Å². The molecule has 2 aliphatic rings. The Hall–Kier alpha value is -0.570. The largest absolute Gasteiger partial charge is 0.323 e. The van der Waals surface area contributed by atoms with E-state index in [-0.39, 0.29) is 12.2 Å². The summed E-state index contributed by atoms with van der Waals surface area (Å²) in [6.45, 7) is 11.0. The topological polar surface area (TPSA) is 32.3 Å². The van der Waals surface area contributed by atoms with Crippen LogP contribution in [0, 0.1) is 17.8 Å². The summed E-state index contributed by atoms with van der Waals surface area (Å²) in [5.41, 5.74) is 0. The van der Waals surface area contributed by atoms with Crippen molar-refractivity contribution < 1.29 is 4.79 Å². The highest BCUT2D eigenvalue weighted by Crippen LogP contribution is 2.34. The standard InChI is InChI=1S/C15H28N2O/c1-9(2)13-15(18)17(14(16-13)10(3)4)12-7-6-11(5)8-12/h9-14,16H,6-8H2,1-5H3.